The van der Waals surface area contributed by atoms with Crippen LogP contribution in [0.1, 0.15) is 10.4 Å². The molecule has 0 aliphatic heterocycles. The third-order valence-electron chi connectivity index (χ3n) is 3.79. The van der Waals surface area contributed by atoms with E-state index in [1.807, 2.05) is 11.6 Å². The van der Waals surface area contributed by atoms with Gasteiger partial charge in [0.05, 0.1) is 12.6 Å². The Labute approximate surface area is 133 Å². The summed E-state index contributed by atoms with van der Waals surface area (Å²) in [5, 5.41) is 6.39. The zero-order valence-corrected chi connectivity index (χ0v) is 13.5. The van der Waals surface area contributed by atoms with Gasteiger partial charge >= 0.3 is 0 Å². The van der Waals surface area contributed by atoms with Crippen molar-refractivity contribution in [2.75, 3.05) is 13.7 Å². The fraction of sp³-hybridized carbons (Fsp3) is 0.294. The van der Waals surface area contributed by atoms with Crippen molar-refractivity contribution in [1.82, 2.24) is 9.88 Å². The first-order valence-corrected chi connectivity index (χ1v) is 8.12. The van der Waals surface area contributed by atoms with Gasteiger partial charge in [0.2, 0.25) is 0 Å². The van der Waals surface area contributed by atoms with Crippen molar-refractivity contribution < 1.29 is 9.13 Å². The molecule has 2 heterocycles. The number of halogens is 1. The maximum atomic E-state index is 13.9. The lowest BCUT2D eigenvalue weighted by Gasteiger charge is -2.07. The van der Waals surface area contributed by atoms with Crippen LogP contribution >= 0.6 is 11.3 Å². The summed E-state index contributed by atoms with van der Waals surface area (Å²) in [5.41, 5.74) is 2.10. The van der Waals surface area contributed by atoms with Gasteiger partial charge in [0.25, 0.3) is 0 Å². The van der Waals surface area contributed by atoms with Gasteiger partial charge in [0.1, 0.15) is 0 Å². The third kappa shape index (κ3) is 2.87. The van der Waals surface area contributed by atoms with Crippen LogP contribution in [-0.2, 0) is 20.0 Å². The van der Waals surface area contributed by atoms with Crippen LogP contribution in [-0.4, -0.2) is 18.2 Å². The molecular weight excluding hydrogens is 299 g/mol. The molecular formula is C17H19FN2OS. The molecule has 0 spiro atoms. The maximum Gasteiger partial charge on any atom is 0.165 e. The molecule has 0 aliphatic carbocycles. The first-order valence-electron chi connectivity index (χ1n) is 7.24. The van der Waals surface area contributed by atoms with Crippen LogP contribution in [0, 0.1) is 5.82 Å². The minimum atomic E-state index is -0.311. The highest BCUT2D eigenvalue weighted by atomic mass is 32.1. The molecule has 1 aromatic carbocycles. The average molecular weight is 318 g/mol. The predicted octanol–water partition coefficient (Wildman–Crippen LogP) is 3.72. The quantitative estimate of drug-likeness (QED) is 0.701. The highest BCUT2D eigenvalue weighted by Gasteiger charge is 2.15. The van der Waals surface area contributed by atoms with E-state index in [-0.39, 0.29) is 5.82 Å². The molecule has 5 heteroatoms. The van der Waals surface area contributed by atoms with Crippen LogP contribution in [0.15, 0.2) is 35.8 Å². The zero-order chi connectivity index (χ0) is 15.5. The maximum absolute atomic E-state index is 13.9. The van der Waals surface area contributed by atoms with Gasteiger partial charge < -0.3 is 14.6 Å². The molecule has 22 heavy (non-hydrogen) atoms. The molecule has 0 aliphatic rings. The summed E-state index contributed by atoms with van der Waals surface area (Å²) in [7, 11) is 3.49. The van der Waals surface area contributed by atoms with Crippen molar-refractivity contribution in [3.8, 4) is 5.75 Å². The summed E-state index contributed by atoms with van der Waals surface area (Å²) >= 11 is 1.75. The molecule has 116 valence electrons. The van der Waals surface area contributed by atoms with Gasteiger partial charge in [-0.1, -0.05) is 6.07 Å². The topological polar surface area (TPSA) is 26.2 Å². The third-order valence-corrected chi connectivity index (χ3v) is 4.67. The van der Waals surface area contributed by atoms with Crippen molar-refractivity contribution in [3.63, 3.8) is 0 Å². The SMILES string of the molecule is COc1c(F)ccc2c1c(CCNCc1cccs1)cn2C. The molecule has 3 aromatic rings. The van der Waals surface area contributed by atoms with Crippen molar-refractivity contribution in [3.05, 3.63) is 52.1 Å². The predicted molar refractivity (Wildman–Crippen MR) is 89.2 cm³/mol. The number of thiophene rings is 1. The van der Waals surface area contributed by atoms with E-state index >= 15 is 0 Å². The second-order valence-corrected chi connectivity index (χ2v) is 6.28. The lowest BCUT2D eigenvalue weighted by atomic mass is 10.1. The number of hydrogen-bond acceptors (Lipinski definition) is 3. The van der Waals surface area contributed by atoms with Gasteiger partial charge in [0.15, 0.2) is 11.6 Å². The second-order valence-electron chi connectivity index (χ2n) is 5.25. The van der Waals surface area contributed by atoms with Crippen LogP contribution in [0.3, 0.4) is 0 Å². The number of aryl methyl sites for hydroxylation is 1. The number of nitrogens with zero attached hydrogens (tertiary/aromatic N) is 1. The molecule has 0 saturated heterocycles. The van der Waals surface area contributed by atoms with E-state index in [9.17, 15) is 4.39 Å². The fourth-order valence-corrected chi connectivity index (χ4v) is 3.43. The Kier molecular flexibility index (Phi) is 4.45. The molecule has 0 unspecified atom stereocenters. The number of methoxy groups -OCH3 is 1. The van der Waals surface area contributed by atoms with Crippen molar-refractivity contribution in [2.24, 2.45) is 7.05 Å². The van der Waals surface area contributed by atoms with Crippen LogP contribution in [0.2, 0.25) is 0 Å². The first kappa shape index (κ1) is 15.1. The molecule has 0 radical (unpaired) electrons. The molecule has 2 aromatic heterocycles. The summed E-state index contributed by atoms with van der Waals surface area (Å²) in [4.78, 5) is 1.32. The fourth-order valence-electron chi connectivity index (χ4n) is 2.76. The van der Waals surface area contributed by atoms with Crippen LogP contribution in [0.5, 0.6) is 5.75 Å². The Bertz CT molecular complexity index is 765. The molecule has 0 amide bonds. The summed E-state index contributed by atoms with van der Waals surface area (Å²) in [6.07, 6.45) is 2.89. The monoisotopic (exact) mass is 318 g/mol. The molecule has 3 rings (SSSR count). The molecule has 0 saturated carbocycles. The summed E-state index contributed by atoms with van der Waals surface area (Å²) in [6, 6.07) is 7.43. The van der Waals surface area contributed by atoms with E-state index < -0.39 is 0 Å². The number of ether oxygens (including phenoxy) is 1. The molecule has 0 atom stereocenters. The minimum absolute atomic E-state index is 0.311. The highest BCUT2D eigenvalue weighted by Crippen LogP contribution is 2.32. The Hall–Kier alpha value is -1.85. The van der Waals surface area contributed by atoms with Crippen molar-refractivity contribution in [2.45, 2.75) is 13.0 Å². The second kappa shape index (κ2) is 6.50. The zero-order valence-electron chi connectivity index (χ0n) is 12.7. The van der Waals surface area contributed by atoms with Gasteiger partial charge in [-0.25, -0.2) is 4.39 Å². The Morgan fingerprint density at radius 2 is 2.18 bits per heavy atom. The lowest BCUT2D eigenvalue weighted by molar-refractivity contribution is 0.391. The normalized spacial score (nSPS) is 11.2. The Morgan fingerprint density at radius 3 is 2.91 bits per heavy atom. The molecule has 0 fully saturated rings. The van der Waals surface area contributed by atoms with E-state index in [0.29, 0.717) is 5.75 Å². The molecule has 1 N–H and O–H groups in total. The van der Waals surface area contributed by atoms with Crippen LogP contribution in [0.4, 0.5) is 4.39 Å². The van der Waals surface area contributed by atoms with E-state index in [1.165, 1.54) is 18.1 Å². The summed E-state index contributed by atoms with van der Waals surface area (Å²) in [5.74, 6) is 0.0281. The Balaban J connectivity index is 1.77. The van der Waals surface area contributed by atoms with Crippen molar-refractivity contribution in [1.29, 1.82) is 0 Å². The number of benzene rings is 1. The van der Waals surface area contributed by atoms with Gasteiger partial charge in [-0.3, -0.25) is 0 Å². The minimum Gasteiger partial charge on any atom is -0.493 e. The number of hydrogen-bond donors (Lipinski definition) is 1. The molecule has 0 bridgehead atoms. The summed E-state index contributed by atoms with van der Waals surface area (Å²) in [6.45, 7) is 1.71. The average Bonchev–Trinajstić information content (AvgIpc) is 3.12. The number of fused-ring (bicyclic) bond motifs is 1. The van der Waals surface area contributed by atoms with Gasteiger partial charge in [0, 0.05) is 30.1 Å². The number of rotatable bonds is 6. The van der Waals surface area contributed by atoms with E-state index in [2.05, 4.69) is 29.0 Å². The smallest absolute Gasteiger partial charge is 0.165 e. The van der Waals surface area contributed by atoms with Crippen LogP contribution in [0.25, 0.3) is 10.9 Å². The van der Waals surface area contributed by atoms with Crippen LogP contribution < -0.4 is 10.1 Å². The largest absolute Gasteiger partial charge is 0.493 e. The first-order chi connectivity index (χ1) is 10.7. The van der Waals surface area contributed by atoms with E-state index in [0.717, 1.165) is 36.0 Å². The number of nitrogens with one attached hydrogen (secondary N) is 1. The van der Waals surface area contributed by atoms with Crippen molar-refractivity contribution >= 4 is 22.2 Å². The van der Waals surface area contributed by atoms with Gasteiger partial charge in [-0.2, -0.15) is 0 Å². The van der Waals surface area contributed by atoms with Gasteiger partial charge in [-0.05, 0) is 42.1 Å². The highest BCUT2D eigenvalue weighted by molar-refractivity contribution is 7.09. The lowest BCUT2D eigenvalue weighted by Crippen LogP contribution is -2.15. The Morgan fingerprint density at radius 1 is 1.32 bits per heavy atom. The van der Waals surface area contributed by atoms with E-state index in [4.69, 9.17) is 4.74 Å². The van der Waals surface area contributed by atoms with Gasteiger partial charge in [-0.15, -0.1) is 11.3 Å². The standard InChI is InChI=1S/C17H19FN2OS/c1-20-11-12(7-8-19-10-13-4-3-9-22-13)16-15(20)6-5-14(18)17(16)21-2/h3-6,9,11,19H,7-8,10H2,1-2H3. The summed E-state index contributed by atoms with van der Waals surface area (Å²) < 4.78 is 21.2. The van der Waals surface area contributed by atoms with E-state index in [1.54, 1.807) is 17.4 Å². The number of aromatic nitrogens is 1. The molecule has 3 nitrogen and oxygen atoms in total.